The van der Waals surface area contributed by atoms with Crippen LogP contribution in [-0.4, -0.2) is 11.8 Å². The van der Waals surface area contributed by atoms with Crippen LogP contribution in [0, 0.1) is 6.92 Å². The lowest BCUT2D eigenvalue weighted by atomic mass is 10.0. The fourth-order valence-electron chi connectivity index (χ4n) is 2.62. The molecule has 0 atom stereocenters. The smallest absolute Gasteiger partial charge is 0.255 e. The van der Waals surface area contributed by atoms with E-state index in [-0.39, 0.29) is 11.8 Å². The van der Waals surface area contributed by atoms with E-state index in [1.165, 1.54) is 0 Å². The van der Waals surface area contributed by atoms with E-state index >= 15 is 0 Å². The number of amides is 2. The number of carbonyl (C=O) groups excluding carboxylic acids is 2. The molecule has 1 aliphatic rings. The molecule has 1 aliphatic heterocycles. The fourth-order valence-corrected chi connectivity index (χ4v) is 2.62. The molecule has 2 amide bonds. The minimum Gasteiger partial charge on any atom is -0.326 e. The number of anilines is 2. The maximum Gasteiger partial charge on any atom is 0.255 e. The Hall–Kier alpha value is -2.62. The Morgan fingerprint density at radius 2 is 1.95 bits per heavy atom. The lowest BCUT2D eigenvalue weighted by Crippen LogP contribution is -2.14. The van der Waals surface area contributed by atoms with E-state index < -0.39 is 0 Å². The van der Waals surface area contributed by atoms with Gasteiger partial charge in [0.1, 0.15) is 0 Å². The van der Waals surface area contributed by atoms with Gasteiger partial charge in [-0.05, 0) is 55.2 Å². The third-order valence-electron chi connectivity index (χ3n) is 3.88. The molecule has 4 nitrogen and oxygen atoms in total. The van der Waals surface area contributed by atoms with E-state index in [0.717, 1.165) is 35.3 Å². The molecule has 2 N–H and O–H groups in total. The van der Waals surface area contributed by atoms with Gasteiger partial charge in [-0.1, -0.05) is 18.2 Å². The van der Waals surface area contributed by atoms with Crippen molar-refractivity contribution in [3.63, 3.8) is 0 Å². The Bertz CT molecular complexity index is 738. The molecule has 0 spiro atoms. The summed E-state index contributed by atoms with van der Waals surface area (Å²) < 4.78 is 0. The van der Waals surface area contributed by atoms with Crippen molar-refractivity contribution in [2.24, 2.45) is 0 Å². The highest BCUT2D eigenvalue weighted by Crippen LogP contribution is 2.24. The molecule has 0 saturated heterocycles. The molecule has 0 fully saturated rings. The Morgan fingerprint density at radius 3 is 2.77 bits per heavy atom. The van der Waals surface area contributed by atoms with Crippen molar-refractivity contribution in [3.05, 3.63) is 59.2 Å². The molecule has 0 aromatic heterocycles. The topological polar surface area (TPSA) is 58.2 Å². The molecule has 0 radical (unpaired) electrons. The molecule has 1 heterocycles. The van der Waals surface area contributed by atoms with Crippen molar-refractivity contribution >= 4 is 23.2 Å². The number of fused-ring (bicyclic) bond motifs is 1. The molecule has 2 aromatic rings. The summed E-state index contributed by atoms with van der Waals surface area (Å²) in [6.07, 6.45) is 2.14. The number of rotatable bonds is 2. The molecule has 0 saturated carbocycles. The van der Waals surface area contributed by atoms with E-state index in [4.69, 9.17) is 0 Å². The van der Waals surface area contributed by atoms with Crippen molar-refractivity contribution in [2.45, 2.75) is 26.2 Å². The predicted octanol–water partition coefficient (Wildman–Crippen LogP) is 3.52. The highest BCUT2D eigenvalue weighted by atomic mass is 16.2. The summed E-state index contributed by atoms with van der Waals surface area (Å²) in [7, 11) is 0. The Balaban J connectivity index is 1.83. The van der Waals surface area contributed by atoms with Gasteiger partial charge in [-0.2, -0.15) is 0 Å². The first-order valence-corrected chi connectivity index (χ1v) is 7.43. The lowest BCUT2D eigenvalue weighted by molar-refractivity contribution is -0.116. The summed E-state index contributed by atoms with van der Waals surface area (Å²) in [4.78, 5) is 24.0. The van der Waals surface area contributed by atoms with Gasteiger partial charge in [-0.3, -0.25) is 9.59 Å². The van der Waals surface area contributed by atoms with Crippen LogP contribution in [0.25, 0.3) is 0 Å². The van der Waals surface area contributed by atoms with Crippen molar-refractivity contribution in [1.82, 2.24) is 0 Å². The summed E-state index contributed by atoms with van der Waals surface area (Å²) in [5.41, 5.74) is 4.28. The van der Waals surface area contributed by atoms with Gasteiger partial charge in [-0.25, -0.2) is 0 Å². The standard InChI is InChI=1S/C18H18N2O2/c1-12-5-2-3-7-15(12)20-18(22)14-9-10-16-13(11-14)6-4-8-17(21)19-16/h2-3,5,7,9-11H,4,6,8H2,1H3,(H,19,21)(H,20,22). The molecule has 4 heteroatoms. The van der Waals surface area contributed by atoms with Gasteiger partial charge in [0.25, 0.3) is 5.91 Å². The second kappa shape index (κ2) is 6.02. The zero-order valence-electron chi connectivity index (χ0n) is 12.5. The monoisotopic (exact) mass is 294 g/mol. The van der Waals surface area contributed by atoms with Gasteiger partial charge in [0.05, 0.1) is 0 Å². The van der Waals surface area contributed by atoms with Crippen molar-refractivity contribution in [3.8, 4) is 0 Å². The highest BCUT2D eigenvalue weighted by Gasteiger charge is 2.15. The summed E-state index contributed by atoms with van der Waals surface area (Å²) in [5.74, 6) is -0.0939. The molecule has 0 aliphatic carbocycles. The largest absolute Gasteiger partial charge is 0.326 e. The zero-order valence-corrected chi connectivity index (χ0v) is 12.5. The third kappa shape index (κ3) is 3.01. The minimum atomic E-state index is -0.132. The van der Waals surface area contributed by atoms with Crippen molar-refractivity contribution in [2.75, 3.05) is 10.6 Å². The van der Waals surface area contributed by atoms with Gasteiger partial charge in [0.15, 0.2) is 0 Å². The van der Waals surface area contributed by atoms with Crippen LogP contribution >= 0.6 is 0 Å². The number of aryl methyl sites for hydroxylation is 2. The Morgan fingerprint density at radius 1 is 1.14 bits per heavy atom. The summed E-state index contributed by atoms with van der Waals surface area (Å²) in [6.45, 7) is 1.96. The van der Waals surface area contributed by atoms with Crippen LogP contribution in [0.4, 0.5) is 11.4 Å². The molecular weight excluding hydrogens is 276 g/mol. The second-order valence-corrected chi connectivity index (χ2v) is 5.54. The maximum atomic E-state index is 12.4. The summed E-state index contributed by atoms with van der Waals surface area (Å²) in [6, 6.07) is 13.1. The first-order chi connectivity index (χ1) is 10.6. The van der Waals surface area contributed by atoms with Crippen LogP contribution < -0.4 is 10.6 Å². The number of benzene rings is 2. The Labute approximate surface area is 129 Å². The molecule has 22 heavy (non-hydrogen) atoms. The lowest BCUT2D eigenvalue weighted by Gasteiger charge is -2.11. The molecular formula is C18H18N2O2. The SMILES string of the molecule is Cc1ccccc1NC(=O)c1ccc2c(c1)CCCC(=O)N2. The van der Waals surface area contributed by atoms with Gasteiger partial charge in [-0.15, -0.1) is 0 Å². The van der Waals surface area contributed by atoms with Crippen molar-refractivity contribution < 1.29 is 9.59 Å². The number of carbonyl (C=O) groups is 2. The minimum absolute atomic E-state index is 0.0378. The molecule has 112 valence electrons. The highest BCUT2D eigenvalue weighted by molar-refractivity contribution is 6.05. The van der Waals surface area contributed by atoms with Gasteiger partial charge < -0.3 is 10.6 Å². The van der Waals surface area contributed by atoms with E-state index in [0.29, 0.717) is 12.0 Å². The average molecular weight is 294 g/mol. The summed E-state index contributed by atoms with van der Waals surface area (Å²) >= 11 is 0. The van der Waals surface area contributed by atoms with Crippen LogP contribution in [0.2, 0.25) is 0 Å². The van der Waals surface area contributed by atoms with Gasteiger partial charge in [0.2, 0.25) is 5.91 Å². The molecule has 0 bridgehead atoms. The molecule has 2 aromatic carbocycles. The number of para-hydroxylation sites is 1. The first-order valence-electron chi connectivity index (χ1n) is 7.43. The van der Waals surface area contributed by atoms with Crippen molar-refractivity contribution in [1.29, 1.82) is 0 Å². The number of hydrogen-bond donors (Lipinski definition) is 2. The van der Waals surface area contributed by atoms with E-state index in [1.54, 1.807) is 6.07 Å². The van der Waals surface area contributed by atoms with Crippen LogP contribution in [-0.2, 0) is 11.2 Å². The van der Waals surface area contributed by atoms with Gasteiger partial charge in [0, 0.05) is 23.4 Å². The Kier molecular flexibility index (Phi) is 3.92. The van der Waals surface area contributed by atoms with E-state index in [9.17, 15) is 9.59 Å². The number of hydrogen-bond acceptors (Lipinski definition) is 2. The van der Waals surface area contributed by atoms with Crippen LogP contribution in [0.3, 0.4) is 0 Å². The average Bonchev–Trinajstić information content (AvgIpc) is 2.69. The second-order valence-electron chi connectivity index (χ2n) is 5.54. The van der Waals surface area contributed by atoms with Gasteiger partial charge >= 0.3 is 0 Å². The number of nitrogens with one attached hydrogen (secondary N) is 2. The van der Waals surface area contributed by atoms with Crippen LogP contribution in [0.15, 0.2) is 42.5 Å². The van der Waals surface area contributed by atoms with E-state index in [2.05, 4.69) is 10.6 Å². The van der Waals surface area contributed by atoms with Crippen LogP contribution in [0.1, 0.15) is 34.3 Å². The maximum absolute atomic E-state index is 12.4. The van der Waals surface area contributed by atoms with Crippen LogP contribution in [0.5, 0.6) is 0 Å². The quantitative estimate of drug-likeness (QED) is 0.890. The molecule has 0 unspecified atom stereocenters. The third-order valence-corrected chi connectivity index (χ3v) is 3.88. The van der Waals surface area contributed by atoms with E-state index in [1.807, 2.05) is 43.3 Å². The normalized spacial score (nSPS) is 13.8. The predicted molar refractivity (Wildman–Crippen MR) is 87.1 cm³/mol. The first kappa shape index (κ1) is 14.3. The molecule has 3 rings (SSSR count). The zero-order chi connectivity index (χ0) is 15.5. The fraction of sp³-hybridized carbons (Fsp3) is 0.222. The summed E-state index contributed by atoms with van der Waals surface area (Å²) in [5, 5.41) is 5.81.